The molecule has 160 valence electrons. The third kappa shape index (κ3) is 13.3. The first kappa shape index (κ1) is 30.9. The standard InChI is InChI=1S/C23H38N4Si2.2Li/c1-28(2,3)26-22(20-14-9-7-10-15-20)24-18-13-19-25-23(27-29(4,5)6)21-16-11-8-12-17-21;;/h7-12,14-17,22-25H,13,18-19H2,1-6H3;;/q-2;2*+1. The zero-order chi connectivity index (χ0) is 21.3. The molecule has 0 bridgehead atoms. The molecule has 2 rings (SSSR count). The normalized spacial score (nSPS) is 13.6. The van der Waals surface area contributed by atoms with Gasteiger partial charge in [-0.05, 0) is 19.5 Å². The molecule has 8 heteroatoms. The topological polar surface area (TPSA) is 52.3 Å². The molecule has 0 fully saturated rings. The molecule has 31 heavy (non-hydrogen) atoms. The van der Waals surface area contributed by atoms with Gasteiger partial charge in [0.05, 0.1) is 0 Å². The number of nitrogens with zero attached hydrogens (tertiary/aromatic N) is 2. The smallest absolute Gasteiger partial charge is 0.646 e. The maximum absolute atomic E-state index is 5.10. The Balaban J connectivity index is 0.00000450. The number of nitrogens with one attached hydrogen (secondary N) is 2. The minimum atomic E-state index is -1.52. The van der Waals surface area contributed by atoms with Crippen LogP contribution in [0.3, 0.4) is 0 Å². The van der Waals surface area contributed by atoms with Gasteiger partial charge in [0, 0.05) is 0 Å². The summed E-state index contributed by atoms with van der Waals surface area (Å²) in [6, 6.07) is 21.1. The van der Waals surface area contributed by atoms with Crippen molar-refractivity contribution >= 4 is 16.5 Å². The van der Waals surface area contributed by atoms with Gasteiger partial charge in [-0.25, -0.2) is 0 Å². The number of hydrogen-bond acceptors (Lipinski definition) is 2. The fourth-order valence-electron chi connectivity index (χ4n) is 3.09. The molecule has 0 aliphatic heterocycles. The molecule has 2 atom stereocenters. The Morgan fingerprint density at radius 3 is 1.23 bits per heavy atom. The zero-order valence-corrected chi connectivity index (χ0v) is 22.9. The Morgan fingerprint density at radius 2 is 0.935 bits per heavy atom. The van der Waals surface area contributed by atoms with Crippen LogP contribution in [0.25, 0.3) is 9.96 Å². The molecule has 2 aromatic rings. The van der Waals surface area contributed by atoms with Gasteiger partial charge < -0.3 is 20.6 Å². The average molecular weight is 441 g/mol. The summed E-state index contributed by atoms with van der Waals surface area (Å²) in [5, 5.41) is 7.32. The molecule has 0 aliphatic carbocycles. The first-order valence-corrected chi connectivity index (χ1v) is 17.5. The van der Waals surface area contributed by atoms with Gasteiger partial charge in [-0.15, -0.1) is 0 Å². The van der Waals surface area contributed by atoms with Crippen LogP contribution >= 0.6 is 0 Å². The van der Waals surface area contributed by atoms with Crippen molar-refractivity contribution in [2.24, 2.45) is 0 Å². The third-order valence-electron chi connectivity index (χ3n) is 4.29. The molecule has 0 spiro atoms. The van der Waals surface area contributed by atoms with E-state index in [0.29, 0.717) is 0 Å². The van der Waals surface area contributed by atoms with Gasteiger partial charge in [0.1, 0.15) is 0 Å². The van der Waals surface area contributed by atoms with Gasteiger partial charge in [0.2, 0.25) is 0 Å². The van der Waals surface area contributed by atoms with Crippen LogP contribution in [0, 0.1) is 0 Å². The van der Waals surface area contributed by atoms with Crippen LogP contribution in [-0.2, 0) is 0 Å². The van der Waals surface area contributed by atoms with Crippen LogP contribution < -0.4 is 48.4 Å². The first-order chi connectivity index (χ1) is 13.6. The summed E-state index contributed by atoms with van der Waals surface area (Å²) in [6.45, 7) is 15.6. The van der Waals surface area contributed by atoms with Crippen molar-refractivity contribution in [2.75, 3.05) is 13.1 Å². The van der Waals surface area contributed by atoms with Crippen molar-refractivity contribution in [3.05, 3.63) is 81.8 Å². The molecule has 0 saturated carbocycles. The van der Waals surface area contributed by atoms with E-state index >= 15 is 0 Å². The van der Waals surface area contributed by atoms with Crippen molar-refractivity contribution in [1.82, 2.24) is 10.6 Å². The Hall–Kier alpha value is -0.0914. The molecule has 0 aromatic heterocycles. The van der Waals surface area contributed by atoms with E-state index in [2.05, 4.69) is 111 Å². The predicted octanol–water partition coefficient (Wildman–Crippen LogP) is 0.379. The van der Waals surface area contributed by atoms with Crippen molar-refractivity contribution in [2.45, 2.75) is 58.0 Å². The Kier molecular flexibility index (Phi) is 14.9. The summed E-state index contributed by atoms with van der Waals surface area (Å²) < 4.78 is 0. The second-order valence-corrected chi connectivity index (χ2v) is 18.7. The van der Waals surface area contributed by atoms with Gasteiger partial charge in [0.25, 0.3) is 0 Å². The third-order valence-corrected chi connectivity index (χ3v) is 6.36. The van der Waals surface area contributed by atoms with Crippen molar-refractivity contribution < 1.29 is 37.7 Å². The Morgan fingerprint density at radius 1 is 0.613 bits per heavy atom. The maximum atomic E-state index is 5.10. The molecular weight excluding hydrogens is 402 g/mol. The number of hydrogen-bond donors (Lipinski definition) is 2. The Labute approximate surface area is 216 Å². The predicted molar refractivity (Wildman–Crippen MR) is 132 cm³/mol. The van der Waals surface area contributed by atoms with E-state index < -0.39 is 16.5 Å². The average Bonchev–Trinajstić information content (AvgIpc) is 2.65. The second-order valence-electron chi connectivity index (χ2n) is 9.49. The van der Waals surface area contributed by atoms with Crippen LogP contribution in [0.1, 0.15) is 29.9 Å². The van der Waals surface area contributed by atoms with Crippen LogP contribution in [0.5, 0.6) is 0 Å². The molecule has 2 N–H and O–H groups in total. The van der Waals surface area contributed by atoms with Crippen molar-refractivity contribution in [3.8, 4) is 0 Å². The van der Waals surface area contributed by atoms with Crippen LogP contribution in [0.2, 0.25) is 39.3 Å². The van der Waals surface area contributed by atoms with Gasteiger partial charge in [0.15, 0.2) is 0 Å². The number of benzene rings is 2. The minimum absolute atomic E-state index is 0. The second kappa shape index (κ2) is 14.9. The van der Waals surface area contributed by atoms with E-state index in [-0.39, 0.29) is 50.1 Å². The van der Waals surface area contributed by atoms with Gasteiger partial charge in [-0.3, -0.25) is 0 Å². The summed E-state index contributed by atoms with van der Waals surface area (Å²) in [5.74, 6) is 0. The quantitative estimate of drug-likeness (QED) is 0.370. The fourth-order valence-corrected chi connectivity index (χ4v) is 5.12. The van der Waals surface area contributed by atoms with Gasteiger partial charge in [-0.2, -0.15) is 0 Å². The first-order valence-electron chi connectivity index (χ1n) is 10.6. The largest absolute Gasteiger partial charge is 1.00 e. The van der Waals surface area contributed by atoms with E-state index in [1.807, 2.05) is 0 Å². The van der Waals surface area contributed by atoms with E-state index in [0.717, 1.165) is 19.5 Å². The van der Waals surface area contributed by atoms with Gasteiger partial charge in [-0.1, -0.05) is 140 Å². The molecule has 0 saturated heterocycles. The molecule has 0 radical (unpaired) electrons. The molecular formula is C23H38Li2N4Si2. The monoisotopic (exact) mass is 440 g/mol. The van der Waals surface area contributed by atoms with Crippen molar-refractivity contribution in [1.29, 1.82) is 0 Å². The maximum Gasteiger partial charge on any atom is 1.00 e. The van der Waals surface area contributed by atoms with Crippen LogP contribution in [0.15, 0.2) is 60.7 Å². The summed E-state index contributed by atoms with van der Waals surface area (Å²) in [4.78, 5) is 10.2. The van der Waals surface area contributed by atoms with Crippen LogP contribution in [-0.4, -0.2) is 29.6 Å². The minimum Gasteiger partial charge on any atom is -0.646 e. The molecule has 2 unspecified atom stereocenters. The molecule has 2 aromatic carbocycles. The summed E-state index contributed by atoms with van der Waals surface area (Å²) >= 11 is 0. The van der Waals surface area contributed by atoms with Crippen molar-refractivity contribution in [3.63, 3.8) is 0 Å². The number of rotatable bonds is 12. The van der Waals surface area contributed by atoms with E-state index in [1.54, 1.807) is 0 Å². The summed E-state index contributed by atoms with van der Waals surface area (Å²) in [7, 11) is -3.05. The molecule has 4 nitrogen and oxygen atoms in total. The van der Waals surface area contributed by atoms with Gasteiger partial charge >= 0.3 is 37.7 Å². The molecule has 0 heterocycles. The summed E-state index contributed by atoms with van der Waals surface area (Å²) in [6.07, 6.45) is 1.20. The molecule has 0 amide bonds. The van der Waals surface area contributed by atoms with E-state index in [4.69, 9.17) is 9.96 Å². The van der Waals surface area contributed by atoms with Crippen LogP contribution in [0.4, 0.5) is 0 Å². The summed E-state index contributed by atoms with van der Waals surface area (Å²) in [5.41, 5.74) is 2.50. The SMILES string of the molecule is C[Si](C)(C)[N-]C(NCCCNC([N-][Si](C)(C)C)c1ccccc1)c1ccccc1.[Li+].[Li+]. The molecule has 0 aliphatic rings. The Bertz CT molecular complexity index is 646. The van der Waals surface area contributed by atoms with E-state index in [1.165, 1.54) is 11.1 Å². The zero-order valence-electron chi connectivity index (χ0n) is 20.9. The van der Waals surface area contributed by atoms with E-state index in [9.17, 15) is 0 Å². The fraction of sp³-hybridized carbons (Fsp3) is 0.478.